The summed E-state index contributed by atoms with van der Waals surface area (Å²) in [5, 5.41) is 47.3. The lowest BCUT2D eigenvalue weighted by atomic mass is 10.0. The first-order chi connectivity index (χ1) is 7.84. The van der Waals surface area contributed by atoms with E-state index in [0.717, 1.165) is 0 Å². The molecule has 0 spiro atoms. The largest absolute Gasteiger partial charge is 0.393 e. The van der Waals surface area contributed by atoms with Gasteiger partial charge in [-0.05, 0) is 6.92 Å². The molecule has 100 valence electrons. The average Bonchev–Trinajstić information content (AvgIpc) is 2.32. The summed E-state index contributed by atoms with van der Waals surface area (Å²) in [4.78, 5) is 21.6. The summed E-state index contributed by atoms with van der Waals surface area (Å²) in [7, 11) is 0. The highest BCUT2D eigenvalue weighted by Crippen LogP contribution is 2.04. The molecule has 1 unspecified atom stereocenters. The van der Waals surface area contributed by atoms with Crippen molar-refractivity contribution in [1.82, 2.24) is 5.32 Å². The number of hydrogen-bond donors (Lipinski definition) is 6. The molecule has 0 aliphatic carbocycles. The number of aldehydes is 1. The van der Waals surface area contributed by atoms with Crippen LogP contribution in [0.2, 0.25) is 0 Å². The molecule has 1 amide bonds. The molecule has 0 aliphatic rings. The SMILES string of the molecule is C[C@@H](O)[C@@H](O)[C@H](NC(=O)C(O)CO)[C@@H](O)C=O. The van der Waals surface area contributed by atoms with Crippen molar-refractivity contribution >= 4 is 12.2 Å². The van der Waals surface area contributed by atoms with Crippen LogP contribution in [0.5, 0.6) is 0 Å². The number of carbonyl (C=O) groups is 2. The average molecular weight is 251 g/mol. The van der Waals surface area contributed by atoms with Gasteiger partial charge in [0.25, 0.3) is 5.91 Å². The van der Waals surface area contributed by atoms with Gasteiger partial charge in [0.15, 0.2) is 12.4 Å². The molecule has 5 atom stereocenters. The molecule has 0 fully saturated rings. The molecule has 0 saturated heterocycles. The fraction of sp³-hybridized carbons (Fsp3) is 0.778. The summed E-state index contributed by atoms with van der Waals surface area (Å²) in [6.07, 6.45) is -6.31. The fourth-order valence-electron chi connectivity index (χ4n) is 1.10. The molecule has 0 bridgehead atoms. The molecule has 0 aromatic rings. The Morgan fingerprint density at radius 1 is 1.29 bits per heavy atom. The highest BCUT2D eigenvalue weighted by molar-refractivity contribution is 5.81. The van der Waals surface area contributed by atoms with Crippen LogP contribution in [-0.2, 0) is 9.59 Å². The Hall–Kier alpha value is -1.06. The Bertz CT molecular complexity index is 258. The number of rotatable bonds is 7. The van der Waals surface area contributed by atoms with E-state index in [0.29, 0.717) is 0 Å². The molecule has 8 heteroatoms. The van der Waals surface area contributed by atoms with Crippen LogP contribution in [0, 0.1) is 0 Å². The van der Waals surface area contributed by atoms with E-state index >= 15 is 0 Å². The topological polar surface area (TPSA) is 147 Å². The van der Waals surface area contributed by atoms with Gasteiger partial charge in [-0.3, -0.25) is 4.79 Å². The monoisotopic (exact) mass is 251 g/mol. The number of aliphatic hydroxyl groups is 5. The lowest BCUT2D eigenvalue weighted by molar-refractivity contribution is -0.136. The maximum absolute atomic E-state index is 11.2. The van der Waals surface area contributed by atoms with Gasteiger partial charge < -0.3 is 35.6 Å². The van der Waals surface area contributed by atoms with E-state index < -0.39 is 43.0 Å². The first kappa shape index (κ1) is 15.9. The van der Waals surface area contributed by atoms with Crippen LogP contribution >= 0.6 is 0 Å². The standard InChI is InChI=1S/C9H17NO7/c1-4(13)8(16)7(5(14)2-11)10-9(17)6(15)3-12/h2,4-8,12-16H,3H2,1H3,(H,10,17)/t4-,5+,6?,7-,8-/m1/s1. The molecule has 0 rings (SSSR count). The van der Waals surface area contributed by atoms with Crippen molar-refractivity contribution in [2.75, 3.05) is 6.61 Å². The van der Waals surface area contributed by atoms with E-state index in [1.807, 2.05) is 5.32 Å². The molecule has 0 aromatic carbocycles. The Morgan fingerprint density at radius 3 is 2.18 bits per heavy atom. The zero-order valence-corrected chi connectivity index (χ0v) is 9.22. The third kappa shape index (κ3) is 4.75. The molecular formula is C9H17NO7. The molecule has 0 heterocycles. The molecule has 6 N–H and O–H groups in total. The second-order valence-electron chi connectivity index (χ2n) is 3.59. The second kappa shape index (κ2) is 7.30. The predicted molar refractivity (Wildman–Crippen MR) is 54.8 cm³/mol. The Labute approximate surface area is 97.5 Å². The highest BCUT2D eigenvalue weighted by Gasteiger charge is 2.32. The first-order valence-corrected chi connectivity index (χ1v) is 4.94. The van der Waals surface area contributed by atoms with Crippen LogP contribution in [-0.4, -0.2) is 74.8 Å². The normalized spacial score (nSPS) is 19.9. The highest BCUT2D eigenvalue weighted by atomic mass is 16.3. The van der Waals surface area contributed by atoms with Gasteiger partial charge >= 0.3 is 0 Å². The summed E-state index contributed by atoms with van der Waals surface area (Å²) in [5.41, 5.74) is 0. The van der Waals surface area contributed by atoms with E-state index in [4.69, 9.17) is 15.3 Å². The van der Waals surface area contributed by atoms with Crippen molar-refractivity contribution in [2.45, 2.75) is 37.4 Å². The smallest absolute Gasteiger partial charge is 0.251 e. The third-order valence-electron chi connectivity index (χ3n) is 2.15. The van der Waals surface area contributed by atoms with Crippen LogP contribution in [0.15, 0.2) is 0 Å². The van der Waals surface area contributed by atoms with E-state index in [-0.39, 0.29) is 6.29 Å². The van der Waals surface area contributed by atoms with Crippen molar-refractivity contribution in [2.24, 2.45) is 0 Å². The van der Waals surface area contributed by atoms with E-state index in [1.54, 1.807) is 0 Å². The molecule has 0 aromatic heterocycles. The van der Waals surface area contributed by atoms with Crippen molar-refractivity contribution in [3.05, 3.63) is 0 Å². The van der Waals surface area contributed by atoms with Gasteiger partial charge in [-0.2, -0.15) is 0 Å². The Balaban J connectivity index is 4.71. The first-order valence-electron chi connectivity index (χ1n) is 4.94. The van der Waals surface area contributed by atoms with Crippen LogP contribution in [0.1, 0.15) is 6.92 Å². The second-order valence-corrected chi connectivity index (χ2v) is 3.59. The third-order valence-corrected chi connectivity index (χ3v) is 2.15. The number of carbonyl (C=O) groups excluding carboxylic acids is 2. The van der Waals surface area contributed by atoms with Crippen LogP contribution < -0.4 is 5.32 Å². The van der Waals surface area contributed by atoms with Crippen LogP contribution in [0.4, 0.5) is 0 Å². The van der Waals surface area contributed by atoms with Gasteiger partial charge in [-0.25, -0.2) is 0 Å². The van der Waals surface area contributed by atoms with Gasteiger partial charge in [0.2, 0.25) is 0 Å². The van der Waals surface area contributed by atoms with Gasteiger partial charge in [0, 0.05) is 0 Å². The van der Waals surface area contributed by atoms with Crippen molar-refractivity contribution in [1.29, 1.82) is 0 Å². The summed E-state index contributed by atoms with van der Waals surface area (Å²) in [5.74, 6) is -1.07. The summed E-state index contributed by atoms with van der Waals surface area (Å²) in [6, 6.07) is -1.47. The summed E-state index contributed by atoms with van der Waals surface area (Å²) in [6.45, 7) is 0.352. The van der Waals surface area contributed by atoms with Crippen LogP contribution in [0.3, 0.4) is 0 Å². The minimum Gasteiger partial charge on any atom is -0.393 e. The summed E-state index contributed by atoms with van der Waals surface area (Å²) >= 11 is 0. The molecule has 0 saturated carbocycles. The van der Waals surface area contributed by atoms with Gasteiger partial charge in [-0.1, -0.05) is 0 Å². The van der Waals surface area contributed by atoms with Gasteiger partial charge in [0.05, 0.1) is 18.8 Å². The van der Waals surface area contributed by atoms with E-state index in [1.165, 1.54) is 6.92 Å². The maximum Gasteiger partial charge on any atom is 0.251 e. The number of aliphatic hydroxyl groups excluding tert-OH is 5. The number of amides is 1. The Kier molecular flexibility index (Phi) is 6.85. The molecule has 8 nitrogen and oxygen atoms in total. The van der Waals surface area contributed by atoms with Crippen molar-refractivity contribution in [3.8, 4) is 0 Å². The van der Waals surface area contributed by atoms with Gasteiger partial charge in [0.1, 0.15) is 12.2 Å². The molecule has 0 radical (unpaired) electrons. The number of nitrogens with one attached hydrogen (secondary N) is 1. The maximum atomic E-state index is 11.2. The molecule has 17 heavy (non-hydrogen) atoms. The van der Waals surface area contributed by atoms with E-state index in [2.05, 4.69) is 0 Å². The fourth-order valence-corrected chi connectivity index (χ4v) is 1.10. The molecular weight excluding hydrogens is 234 g/mol. The summed E-state index contributed by atoms with van der Waals surface area (Å²) < 4.78 is 0. The Morgan fingerprint density at radius 2 is 1.82 bits per heavy atom. The zero-order chi connectivity index (χ0) is 13.6. The van der Waals surface area contributed by atoms with Crippen molar-refractivity contribution < 1.29 is 35.1 Å². The lowest BCUT2D eigenvalue weighted by Gasteiger charge is -2.28. The minimum atomic E-state index is -1.74. The van der Waals surface area contributed by atoms with Gasteiger partial charge in [-0.15, -0.1) is 0 Å². The quantitative estimate of drug-likeness (QED) is 0.254. The number of hydrogen-bond acceptors (Lipinski definition) is 7. The van der Waals surface area contributed by atoms with Crippen LogP contribution in [0.25, 0.3) is 0 Å². The zero-order valence-electron chi connectivity index (χ0n) is 9.22. The lowest BCUT2D eigenvalue weighted by Crippen LogP contribution is -2.57. The van der Waals surface area contributed by atoms with Crippen molar-refractivity contribution in [3.63, 3.8) is 0 Å². The predicted octanol–water partition coefficient (Wildman–Crippen LogP) is -3.87. The molecule has 0 aliphatic heterocycles. The van der Waals surface area contributed by atoms with E-state index in [9.17, 15) is 19.8 Å². The minimum absolute atomic E-state index is 0.0713.